The van der Waals surface area contributed by atoms with Gasteiger partial charge >= 0.3 is 5.97 Å². The monoisotopic (exact) mass is 208 g/mol. The number of carboxylic acid groups (broad SMARTS) is 1. The standard InChI is InChI=1S/C11H9ClO2/c12-10-7-5-9(6-8-10)3-1-2-4-11(13)14/h1-8H,(H,13,14)/b3-1+,4-2+. The van der Waals surface area contributed by atoms with Crippen molar-refractivity contribution < 1.29 is 9.90 Å². The van der Waals surface area contributed by atoms with Gasteiger partial charge in [0.05, 0.1) is 0 Å². The van der Waals surface area contributed by atoms with Gasteiger partial charge in [0.1, 0.15) is 0 Å². The first-order valence-corrected chi connectivity index (χ1v) is 4.39. The highest BCUT2D eigenvalue weighted by atomic mass is 35.5. The normalized spacial score (nSPS) is 11.2. The molecular weight excluding hydrogens is 200 g/mol. The Morgan fingerprint density at radius 3 is 2.43 bits per heavy atom. The Hall–Kier alpha value is -1.54. The lowest BCUT2D eigenvalue weighted by Crippen LogP contribution is -1.84. The van der Waals surface area contributed by atoms with Crippen molar-refractivity contribution in [3.8, 4) is 0 Å². The molecule has 1 aromatic carbocycles. The van der Waals surface area contributed by atoms with Gasteiger partial charge < -0.3 is 5.11 Å². The number of aliphatic carboxylic acids is 1. The average molecular weight is 209 g/mol. The van der Waals surface area contributed by atoms with Crippen molar-refractivity contribution in [1.29, 1.82) is 0 Å². The van der Waals surface area contributed by atoms with Gasteiger partial charge in [-0.25, -0.2) is 4.79 Å². The fourth-order valence-corrected chi connectivity index (χ4v) is 1.00. The third-order valence-electron chi connectivity index (χ3n) is 1.51. The van der Waals surface area contributed by atoms with E-state index in [1.807, 2.05) is 12.1 Å². The van der Waals surface area contributed by atoms with E-state index < -0.39 is 5.97 Å². The molecule has 0 atom stereocenters. The lowest BCUT2D eigenvalue weighted by atomic mass is 10.2. The summed E-state index contributed by atoms with van der Waals surface area (Å²) in [6.45, 7) is 0. The number of benzene rings is 1. The third-order valence-corrected chi connectivity index (χ3v) is 1.76. The average Bonchev–Trinajstić information content (AvgIpc) is 2.15. The van der Waals surface area contributed by atoms with Crippen molar-refractivity contribution in [1.82, 2.24) is 0 Å². The highest BCUT2D eigenvalue weighted by Gasteiger charge is 1.86. The number of carbonyl (C=O) groups is 1. The smallest absolute Gasteiger partial charge is 0.328 e. The minimum Gasteiger partial charge on any atom is -0.478 e. The van der Waals surface area contributed by atoms with Crippen molar-refractivity contribution >= 4 is 23.6 Å². The molecule has 2 nitrogen and oxygen atoms in total. The molecular formula is C11H9ClO2. The molecule has 0 amide bonds. The molecule has 1 N–H and O–H groups in total. The quantitative estimate of drug-likeness (QED) is 0.613. The van der Waals surface area contributed by atoms with Crippen LogP contribution < -0.4 is 0 Å². The Morgan fingerprint density at radius 1 is 1.21 bits per heavy atom. The zero-order valence-electron chi connectivity index (χ0n) is 7.35. The summed E-state index contributed by atoms with van der Waals surface area (Å²) in [5.74, 6) is -0.953. The van der Waals surface area contributed by atoms with Gasteiger partial charge in [0.2, 0.25) is 0 Å². The van der Waals surface area contributed by atoms with E-state index in [2.05, 4.69) is 0 Å². The molecule has 0 saturated carbocycles. The van der Waals surface area contributed by atoms with Gasteiger partial charge in [0.15, 0.2) is 0 Å². The summed E-state index contributed by atoms with van der Waals surface area (Å²) in [4.78, 5) is 10.1. The van der Waals surface area contributed by atoms with Gasteiger partial charge in [-0.05, 0) is 17.7 Å². The van der Waals surface area contributed by atoms with Crippen molar-refractivity contribution in [3.05, 3.63) is 53.1 Å². The first-order valence-electron chi connectivity index (χ1n) is 4.02. The molecule has 0 aliphatic carbocycles. The van der Waals surface area contributed by atoms with E-state index in [0.29, 0.717) is 5.02 Å². The van der Waals surface area contributed by atoms with Crippen LogP contribution in [0.25, 0.3) is 6.08 Å². The first-order chi connectivity index (χ1) is 6.68. The molecule has 0 saturated heterocycles. The number of halogens is 1. The Bertz CT molecular complexity index is 363. The van der Waals surface area contributed by atoms with E-state index in [-0.39, 0.29) is 0 Å². The van der Waals surface area contributed by atoms with Gasteiger partial charge in [-0.3, -0.25) is 0 Å². The fourth-order valence-electron chi connectivity index (χ4n) is 0.878. The summed E-state index contributed by atoms with van der Waals surface area (Å²) in [7, 11) is 0. The molecule has 0 aliphatic heterocycles. The summed E-state index contributed by atoms with van der Waals surface area (Å²) >= 11 is 5.70. The Labute approximate surface area is 87.1 Å². The van der Waals surface area contributed by atoms with Gasteiger partial charge in [-0.2, -0.15) is 0 Å². The van der Waals surface area contributed by atoms with E-state index in [9.17, 15) is 4.79 Å². The van der Waals surface area contributed by atoms with Crippen LogP contribution in [0.4, 0.5) is 0 Å². The van der Waals surface area contributed by atoms with Crippen molar-refractivity contribution in [3.63, 3.8) is 0 Å². The van der Waals surface area contributed by atoms with Gasteiger partial charge in [0, 0.05) is 11.1 Å². The number of rotatable bonds is 3. The van der Waals surface area contributed by atoms with Gasteiger partial charge in [-0.15, -0.1) is 0 Å². The Balaban J connectivity index is 2.60. The summed E-state index contributed by atoms with van der Waals surface area (Å²) in [6, 6.07) is 7.27. The largest absolute Gasteiger partial charge is 0.478 e. The van der Waals surface area contributed by atoms with E-state index in [4.69, 9.17) is 16.7 Å². The molecule has 0 unspecified atom stereocenters. The maximum Gasteiger partial charge on any atom is 0.328 e. The molecule has 0 radical (unpaired) electrons. The predicted molar refractivity (Wildman–Crippen MR) is 57.3 cm³/mol. The van der Waals surface area contributed by atoms with Crippen LogP contribution in [-0.4, -0.2) is 11.1 Å². The zero-order valence-corrected chi connectivity index (χ0v) is 8.11. The number of hydrogen-bond donors (Lipinski definition) is 1. The number of hydrogen-bond acceptors (Lipinski definition) is 1. The van der Waals surface area contributed by atoms with Gasteiger partial charge in [-0.1, -0.05) is 42.0 Å². The number of allylic oxidation sites excluding steroid dienone is 2. The lowest BCUT2D eigenvalue weighted by Gasteiger charge is -1.91. The SMILES string of the molecule is O=C(O)/C=C/C=C/c1ccc(Cl)cc1. The Morgan fingerprint density at radius 2 is 1.86 bits per heavy atom. The minimum absolute atomic E-state index is 0.684. The van der Waals surface area contributed by atoms with E-state index in [1.54, 1.807) is 24.3 Å². The zero-order chi connectivity index (χ0) is 10.4. The highest BCUT2D eigenvalue weighted by Crippen LogP contribution is 2.10. The molecule has 1 rings (SSSR count). The number of carboxylic acids is 1. The van der Waals surface area contributed by atoms with Crippen LogP contribution in [0.1, 0.15) is 5.56 Å². The second kappa shape index (κ2) is 5.25. The first kappa shape index (κ1) is 10.5. The molecule has 0 bridgehead atoms. The van der Waals surface area contributed by atoms with Crippen LogP contribution >= 0.6 is 11.6 Å². The molecule has 1 aromatic rings. The molecule has 0 aromatic heterocycles. The second-order valence-electron chi connectivity index (χ2n) is 2.61. The van der Waals surface area contributed by atoms with E-state index in [0.717, 1.165) is 11.6 Å². The molecule has 14 heavy (non-hydrogen) atoms. The van der Waals surface area contributed by atoms with Crippen LogP contribution in [0, 0.1) is 0 Å². The third kappa shape index (κ3) is 3.92. The van der Waals surface area contributed by atoms with Crippen LogP contribution in [-0.2, 0) is 4.79 Å². The summed E-state index contributed by atoms with van der Waals surface area (Å²) in [6.07, 6.45) is 6.01. The Kier molecular flexibility index (Phi) is 3.95. The van der Waals surface area contributed by atoms with E-state index in [1.165, 1.54) is 6.08 Å². The lowest BCUT2D eigenvalue weighted by molar-refractivity contribution is -0.131. The maximum absolute atomic E-state index is 10.1. The van der Waals surface area contributed by atoms with Crippen LogP contribution in [0.3, 0.4) is 0 Å². The summed E-state index contributed by atoms with van der Waals surface area (Å²) in [5, 5.41) is 8.99. The van der Waals surface area contributed by atoms with Crippen molar-refractivity contribution in [2.24, 2.45) is 0 Å². The second-order valence-corrected chi connectivity index (χ2v) is 3.04. The molecule has 0 aliphatic rings. The molecule has 72 valence electrons. The minimum atomic E-state index is -0.953. The fraction of sp³-hybridized carbons (Fsp3) is 0. The van der Waals surface area contributed by atoms with Crippen LogP contribution in [0.2, 0.25) is 5.02 Å². The van der Waals surface area contributed by atoms with Crippen molar-refractivity contribution in [2.75, 3.05) is 0 Å². The molecule has 0 fully saturated rings. The van der Waals surface area contributed by atoms with E-state index >= 15 is 0 Å². The predicted octanol–water partition coefficient (Wildman–Crippen LogP) is 2.99. The maximum atomic E-state index is 10.1. The molecule has 3 heteroatoms. The molecule has 0 heterocycles. The summed E-state index contributed by atoms with van der Waals surface area (Å²) < 4.78 is 0. The summed E-state index contributed by atoms with van der Waals surface area (Å²) in [5.41, 5.74) is 0.976. The van der Waals surface area contributed by atoms with Crippen molar-refractivity contribution in [2.45, 2.75) is 0 Å². The van der Waals surface area contributed by atoms with Crippen LogP contribution in [0.15, 0.2) is 42.5 Å². The molecule has 0 spiro atoms. The topological polar surface area (TPSA) is 37.3 Å². The van der Waals surface area contributed by atoms with Gasteiger partial charge in [0.25, 0.3) is 0 Å². The highest BCUT2D eigenvalue weighted by molar-refractivity contribution is 6.30. The van der Waals surface area contributed by atoms with Crippen LogP contribution in [0.5, 0.6) is 0 Å².